The third-order valence-corrected chi connectivity index (χ3v) is 4.26. The van der Waals surface area contributed by atoms with E-state index >= 15 is 0 Å². The lowest BCUT2D eigenvalue weighted by molar-refractivity contribution is -0.144. The van der Waals surface area contributed by atoms with Crippen LogP contribution in [-0.4, -0.2) is 31.4 Å². The summed E-state index contributed by atoms with van der Waals surface area (Å²) in [5.41, 5.74) is 0.330. The zero-order valence-electron chi connectivity index (χ0n) is 12.0. The largest absolute Gasteiger partial charge is 0.481 e. The highest BCUT2D eigenvalue weighted by molar-refractivity contribution is 7.89. The third-order valence-electron chi connectivity index (χ3n) is 2.59. The molecule has 3 N–H and O–H groups in total. The van der Waals surface area contributed by atoms with E-state index in [9.17, 15) is 18.0 Å². The number of hydrogen-bond acceptors (Lipinski definition) is 4. The first-order valence-electron chi connectivity index (χ1n) is 6.29. The van der Waals surface area contributed by atoms with Gasteiger partial charge in [-0.25, -0.2) is 13.1 Å². The number of aliphatic carboxylic acids is 1. The van der Waals surface area contributed by atoms with Crippen LogP contribution in [0.4, 0.5) is 5.69 Å². The molecule has 1 aromatic rings. The van der Waals surface area contributed by atoms with E-state index in [4.69, 9.17) is 5.11 Å². The van der Waals surface area contributed by atoms with Crippen LogP contribution in [0.2, 0.25) is 0 Å². The van der Waals surface area contributed by atoms with Crippen molar-refractivity contribution in [3.8, 4) is 0 Å². The monoisotopic (exact) mass is 314 g/mol. The van der Waals surface area contributed by atoms with Gasteiger partial charge in [0.25, 0.3) is 0 Å². The number of carbonyl (C=O) groups is 2. The number of anilines is 1. The number of carboxylic acids is 1. The molecule has 0 bridgehead atoms. The summed E-state index contributed by atoms with van der Waals surface area (Å²) in [5.74, 6) is -3.08. The zero-order valence-corrected chi connectivity index (χ0v) is 12.8. The molecule has 1 rings (SSSR count). The van der Waals surface area contributed by atoms with Gasteiger partial charge >= 0.3 is 5.97 Å². The number of carboxylic acid groups (broad SMARTS) is 1. The molecule has 0 saturated carbocycles. The Balaban J connectivity index is 2.84. The van der Waals surface area contributed by atoms with Crippen LogP contribution >= 0.6 is 0 Å². The van der Waals surface area contributed by atoms with Gasteiger partial charge in [-0.3, -0.25) is 9.59 Å². The van der Waals surface area contributed by atoms with E-state index in [-0.39, 0.29) is 10.9 Å². The number of amides is 1. The smallest absolute Gasteiger partial charge is 0.315 e. The van der Waals surface area contributed by atoms with Gasteiger partial charge in [-0.1, -0.05) is 0 Å². The fourth-order valence-electron chi connectivity index (χ4n) is 1.46. The number of rotatable bonds is 6. The second-order valence-corrected chi connectivity index (χ2v) is 6.56. The van der Waals surface area contributed by atoms with Gasteiger partial charge in [-0.15, -0.1) is 0 Å². The second-order valence-electron chi connectivity index (χ2n) is 4.85. The van der Waals surface area contributed by atoms with Crippen molar-refractivity contribution in [2.45, 2.75) is 31.7 Å². The lowest BCUT2D eigenvalue weighted by Crippen LogP contribution is -2.30. The fraction of sp³-hybridized carbons (Fsp3) is 0.385. The molecule has 21 heavy (non-hydrogen) atoms. The van der Waals surface area contributed by atoms with Gasteiger partial charge in [0.15, 0.2) is 0 Å². The van der Waals surface area contributed by atoms with Crippen molar-refractivity contribution >= 4 is 27.6 Å². The van der Waals surface area contributed by atoms with Crippen molar-refractivity contribution in [2.24, 2.45) is 5.92 Å². The highest BCUT2D eigenvalue weighted by atomic mass is 32.2. The summed E-state index contributed by atoms with van der Waals surface area (Å²) >= 11 is 0. The molecule has 1 unspecified atom stereocenters. The van der Waals surface area contributed by atoms with E-state index in [2.05, 4.69) is 10.0 Å². The predicted molar refractivity (Wildman–Crippen MR) is 77.3 cm³/mol. The minimum atomic E-state index is -3.59. The quantitative estimate of drug-likeness (QED) is 0.679. The molecule has 8 heteroatoms. The number of benzene rings is 1. The summed E-state index contributed by atoms with van der Waals surface area (Å²) in [4.78, 5) is 22.3. The van der Waals surface area contributed by atoms with Crippen LogP contribution in [0.1, 0.15) is 20.8 Å². The Bertz CT molecular complexity index is 622. The lowest BCUT2D eigenvalue weighted by Gasteiger charge is -2.11. The van der Waals surface area contributed by atoms with Crippen LogP contribution in [0.3, 0.4) is 0 Å². The van der Waals surface area contributed by atoms with Crippen molar-refractivity contribution in [1.29, 1.82) is 0 Å². The highest BCUT2D eigenvalue weighted by Crippen LogP contribution is 2.15. The van der Waals surface area contributed by atoms with Crippen LogP contribution in [0.15, 0.2) is 29.2 Å². The molecule has 116 valence electrons. The number of sulfonamides is 1. The average Bonchev–Trinajstić information content (AvgIpc) is 2.36. The molecule has 0 saturated heterocycles. The number of hydrogen-bond donors (Lipinski definition) is 3. The van der Waals surface area contributed by atoms with E-state index in [1.54, 1.807) is 13.8 Å². The topological polar surface area (TPSA) is 113 Å². The third kappa shape index (κ3) is 4.83. The van der Waals surface area contributed by atoms with Crippen molar-refractivity contribution in [3.05, 3.63) is 24.3 Å². The Morgan fingerprint density at radius 2 is 1.62 bits per heavy atom. The van der Waals surface area contributed by atoms with Crippen LogP contribution in [0, 0.1) is 5.92 Å². The van der Waals surface area contributed by atoms with Gasteiger partial charge in [0.05, 0.1) is 4.90 Å². The Morgan fingerprint density at radius 1 is 1.10 bits per heavy atom. The fourth-order valence-corrected chi connectivity index (χ4v) is 2.71. The number of carbonyl (C=O) groups excluding carboxylic acids is 1. The molecule has 0 aliphatic heterocycles. The Kier molecular flexibility index (Phi) is 5.45. The van der Waals surface area contributed by atoms with Crippen molar-refractivity contribution in [1.82, 2.24) is 4.72 Å². The van der Waals surface area contributed by atoms with Gasteiger partial charge in [-0.05, 0) is 45.0 Å². The van der Waals surface area contributed by atoms with E-state index < -0.39 is 27.8 Å². The van der Waals surface area contributed by atoms with Gasteiger partial charge < -0.3 is 10.4 Å². The highest BCUT2D eigenvalue weighted by Gasteiger charge is 2.21. The molecule has 1 atom stereocenters. The molecule has 0 aliphatic rings. The van der Waals surface area contributed by atoms with E-state index in [0.29, 0.717) is 5.69 Å². The van der Waals surface area contributed by atoms with Crippen molar-refractivity contribution in [3.63, 3.8) is 0 Å². The number of nitrogens with one attached hydrogen (secondary N) is 2. The molecule has 0 radical (unpaired) electrons. The summed E-state index contributed by atoms with van der Waals surface area (Å²) in [6.45, 7) is 4.68. The molecule has 0 aromatic heterocycles. The zero-order chi connectivity index (χ0) is 16.2. The molecular weight excluding hydrogens is 296 g/mol. The lowest BCUT2D eigenvalue weighted by atomic mass is 10.1. The van der Waals surface area contributed by atoms with Crippen molar-refractivity contribution < 1.29 is 23.1 Å². The molecule has 0 fully saturated rings. The molecule has 0 aliphatic carbocycles. The van der Waals surface area contributed by atoms with E-state index in [1.807, 2.05) is 0 Å². The Morgan fingerprint density at radius 3 is 2.05 bits per heavy atom. The molecule has 7 nitrogen and oxygen atoms in total. The van der Waals surface area contributed by atoms with Crippen LogP contribution in [0.25, 0.3) is 0 Å². The van der Waals surface area contributed by atoms with E-state index in [0.717, 1.165) is 0 Å². The molecule has 0 heterocycles. The standard InChI is InChI=1S/C13H18N2O5S/c1-8(2)15-21(19,20)11-6-4-10(5-7-11)14-12(16)9(3)13(17)18/h4-9,15H,1-3H3,(H,14,16)(H,17,18). The predicted octanol–water partition coefficient (Wildman–Crippen LogP) is 1.03. The van der Waals surface area contributed by atoms with Crippen molar-refractivity contribution in [2.75, 3.05) is 5.32 Å². The maximum atomic E-state index is 11.9. The van der Waals surface area contributed by atoms with Gasteiger partial charge in [-0.2, -0.15) is 0 Å². The summed E-state index contributed by atoms with van der Waals surface area (Å²) < 4.78 is 26.2. The average molecular weight is 314 g/mol. The summed E-state index contributed by atoms with van der Waals surface area (Å²) in [6.07, 6.45) is 0. The molecular formula is C13H18N2O5S. The molecule has 1 amide bonds. The van der Waals surface area contributed by atoms with Gasteiger partial charge in [0.2, 0.25) is 15.9 Å². The Hall–Kier alpha value is -1.93. The summed E-state index contributed by atoms with van der Waals surface area (Å²) in [7, 11) is -3.59. The van der Waals surface area contributed by atoms with E-state index in [1.165, 1.54) is 31.2 Å². The Labute approximate surface area is 123 Å². The van der Waals surface area contributed by atoms with Crippen LogP contribution < -0.4 is 10.0 Å². The summed E-state index contributed by atoms with van der Waals surface area (Å²) in [5, 5.41) is 11.1. The van der Waals surface area contributed by atoms with Gasteiger partial charge in [0.1, 0.15) is 5.92 Å². The molecule has 0 spiro atoms. The maximum Gasteiger partial charge on any atom is 0.315 e. The SMILES string of the molecule is CC(C)NS(=O)(=O)c1ccc(NC(=O)C(C)C(=O)O)cc1. The minimum absolute atomic E-state index is 0.0699. The van der Waals surface area contributed by atoms with Gasteiger partial charge in [0, 0.05) is 11.7 Å². The first-order valence-corrected chi connectivity index (χ1v) is 7.78. The van der Waals surface area contributed by atoms with Crippen LogP contribution in [-0.2, 0) is 19.6 Å². The van der Waals surface area contributed by atoms with Crippen LogP contribution in [0.5, 0.6) is 0 Å². The normalized spacial score (nSPS) is 13.0. The first kappa shape index (κ1) is 17.1. The first-order chi connectivity index (χ1) is 9.63. The maximum absolute atomic E-state index is 11.9. The molecule has 1 aromatic carbocycles. The minimum Gasteiger partial charge on any atom is -0.481 e. The summed E-state index contributed by atoms with van der Waals surface area (Å²) in [6, 6.07) is 5.26. The second kappa shape index (κ2) is 6.68.